The number of rotatable bonds is 4. The van der Waals surface area contributed by atoms with Crippen molar-refractivity contribution in [1.29, 1.82) is 0 Å². The zero-order valence-corrected chi connectivity index (χ0v) is 8.46. The van der Waals surface area contributed by atoms with Crippen LogP contribution in [0.5, 0.6) is 0 Å². The van der Waals surface area contributed by atoms with Gasteiger partial charge in [0.15, 0.2) is 0 Å². The molecule has 2 amide bonds. The van der Waals surface area contributed by atoms with E-state index in [9.17, 15) is 9.59 Å². The molecule has 13 heavy (non-hydrogen) atoms. The zero-order chi connectivity index (χ0) is 10.6. The fourth-order valence-electron chi connectivity index (χ4n) is 1.00. The average molecular weight is 186 g/mol. The third kappa shape index (κ3) is 5.22. The summed E-state index contributed by atoms with van der Waals surface area (Å²) in [5.74, 6) is -2.08. The summed E-state index contributed by atoms with van der Waals surface area (Å²) in [4.78, 5) is 21.6. The van der Waals surface area contributed by atoms with Crippen LogP contribution in [0.2, 0.25) is 0 Å². The molecule has 0 rings (SSSR count). The summed E-state index contributed by atoms with van der Waals surface area (Å²) in [5, 5.41) is 0. The maximum Gasteiger partial charge on any atom is 0.229 e. The van der Waals surface area contributed by atoms with Gasteiger partial charge in [-0.25, -0.2) is 0 Å². The number of amides is 2. The minimum Gasteiger partial charge on any atom is -0.369 e. The summed E-state index contributed by atoms with van der Waals surface area (Å²) in [5.41, 5.74) is 10.1. The van der Waals surface area contributed by atoms with Crippen LogP contribution < -0.4 is 11.5 Å². The second-order valence-corrected chi connectivity index (χ2v) is 4.46. The normalized spacial score (nSPS) is 11.7. The number of hydrogen-bond donors (Lipinski definition) is 2. The van der Waals surface area contributed by atoms with E-state index in [1.54, 1.807) is 0 Å². The minimum absolute atomic E-state index is 0.0865. The first-order chi connectivity index (χ1) is 5.74. The smallest absolute Gasteiger partial charge is 0.229 e. The number of nitrogens with two attached hydrogens (primary N) is 2. The van der Waals surface area contributed by atoms with Gasteiger partial charge in [-0.15, -0.1) is 0 Å². The molecule has 0 atom stereocenters. The highest BCUT2D eigenvalue weighted by Crippen LogP contribution is 2.23. The lowest BCUT2D eigenvalue weighted by Gasteiger charge is -2.19. The quantitative estimate of drug-likeness (QED) is 0.622. The number of primary amides is 2. The maximum absolute atomic E-state index is 10.8. The SMILES string of the molecule is CC(C)(C)CCC(C(N)=O)C(N)=O. The first-order valence-electron chi connectivity index (χ1n) is 4.32. The van der Waals surface area contributed by atoms with E-state index >= 15 is 0 Å². The Morgan fingerprint density at radius 3 is 1.77 bits per heavy atom. The van der Waals surface area contributed by atoms with Gasteiger partial charge in [-0.3, -0.25) is 9.59 Å². The standard InChI is InChI=1S/C9H18N2O2/c1-9(2,3)5-4-6(7(10)12)8(11)13/h6H,4-5H2,1-3H3,(H2,10,12)(H2,11,13). The van der Waals surface area contributed by atoms with Crippen molar-refractivity contribution in [3.63, 3.8) is 0 Å². The van der Waals surface area contributed by atoms with Crippen LogP contribution in [0.3, 0.4) is 0 Å². The van der Waals surface area contributed by atoms with Crippen LogP contribution in [0, 0.1) is 11.3 Å². The Labute approximate surface area is 78.7 Å². The van der Waals surface area contributed by atoms with Crippen LogP contribution in [0.4, 0.5) is 0 Å². The van der Waals surface area contributed by atoms with Crippen molar-refractivity contribution < 1.29 is 9.59 Å². The maximum atomic E-state index is 10.8. The molecular formula is C9H18N2O2. The summed E-state index contributed by atoms with van der Waals surface area (Å²) < 4.78 is 0. The Morgan fingerprint density at radius 2 is 1.54 bits per heavy atom. The number of carbonyl (C=O) groups excluding carboxylic acids is 2. The summed E-state index contributed by atoms with van der Waals surface area (Å²) in [6, 6.07) is 0. The van der Waals surface area contributed by atoms with Crippen LogP contribution >= 0.6 is 0 Å². The Balaban J connectivity index is 4.14. The van der Waals surface area contributed by atoms with Crippen molar-refractivity contribution in [2.45, 2.75) is 33.6 Å². The van der Waals surface area contributed by atoms with Crippen LogP contribution in [0.25, 0.3) is 0 Å². The molecule has 0 aliphatic heterocycles. The summed E-state index contributed by atoms with van der Waals surface area (Å²) in [7, 11) is 0. The van der Waals surface area contributed by atoms with Crippen molar-refractivity contribution in [2.75, 3.05) is 0 Å². The topological polar surface area (TPSA) is 86.2 Å². The van der Waals surface area contributed by atoms with Crippen molar-refractivity contribution in [3.8, 4) is 0 Å². The van der Waals surface area contributed by atoms with Crippen LogP contribution in [0.15, 0.2) is 0 Å². The van der Waals surface area contributed by atoms with Crippen molar-refractivity contribution in [1.82, 2.24) is 0 Å². The molecule has 0 spiro atoms. The third-order valence-corrected chi connectivity index (χ3v) is 1.87. The molecule has 0 unspecified atom stereocenters. The van der Waals surface area contributed by atoms with Crippen molar-refractivity contribution in [2.24, 2.45) is 22.8 Å². The van der Waals surface area contributed by atoms with E-state index in [4.69, 9.17) is 11.5 Å². The molecule has 4 nitrogen and oxygen atoms in total. The van der Waals surface area contributed by atoms with E-state index in [0.29, 0.717) is 6.42 Å². The highest BCUT2D eigenvalue weighted by molar-refractivity contribution is 5.98. The zero-order valence-electron chi connectivity index (χ0n) is 8.46. The lowest BCUT2D eigenvalue weighted by atomic mass is 9.86. The van der Waals surface area contributed by atoms with Crippen molar-refractivity contribution in [3.05, 3.63) is 0 Å². The van der Waals surface area contributed by atoms with E-state index in [2.05, 4.69) is 0 Å². The summed E-state index contributed by atoms with van der Waals surface area (Å²) in [6.45, 7) is 6.10. The van der Waals surface area contributed by atoms with Gasteiger partial charge in [0.25, 0.3) is 0 Å². The molecule has 4 heteroatoms. The predicted molar refractivity (Wildman–Crippen MR) is 50.6 cm³/mol. The Bertz CT molecular complexity index is 192. The molecule has 76 valence electrons. The van der Waals surface area contributed by atoms with Crippen molar-refractivity contribution >= 4 is 11.8 Å². The van der Waals surface area contributed by atoms with Gasteiger partial charge in [-0.05, 0) is 18.3 Å². The molecule has 0 aromatic rings. The van der Waals surface area contributed by atoms with Crippen LogP contribution in [-0.2, 0) is 9.59 Å². The average Bonchev–Trinajstić information content (AvgIpc) is 1.82. The molecule has 0 bridgehead atoms. The van der Waals surface area contributed by atoms with Gasteiger partial charge in [0.05, 0.1) is 0 Å². The lowest BCUT2D eigenvalue weighted by molar-refractivity contribution is -0.132. The fourth-order valence-corrected chi connectivity index (χ4v) is 1.00. The Kier molecular flexibility index (Phi) is 3.91. The van der Waals surface area contributed by atoms with Gasteiger partial charge < -0.3 is 11.5 Å². The third-order valence-electron chi connectivity index (χ3n) is 1.87. The number of carbonyl (C=O) groups is 2. The van der Waals surface area contributed by atoms with E-state index in [0.717, 1.165) is 6.42 Å². The molecular weight excluding hydrogens is 168 g/mol. The van der Waals surface area contributed by atoms with E-state index in [1.165, 1.54) is 0 Å². The highest BCUT2D eigenvalue weighted by atomic mass is 16.2. The van der Waals surface area contributed by atoms with Gasteiger partial charge in [0.2, 0.25) is 11.8 Å². The molecule has 4 N–H and O–H groups in total. The molecule has 0 aliphatic carbocycles. The van der Waals surface area contributed by atoms with Crippen LogP contribution in [0.1, 0.15) is 33.6 Å². The molecule has 0 saturated heterocycles. The fraction of sp³-hybridized carbons (Fsp3) is 0.778. The lowest BCUT2D eigenvalue weighted by Crippen LogP contribution is -2.35. The Morgan fingerprint density at radius 1 is 1.15 bits per heavy atom. The molecule has 0 radical (unpaired) electrons. The second kappa shape index (κ2) is 4.25. The molecule has 0 aromatic carbocycles. The molecule has 0 fully saturated rings. The van der Waals surface area contributed by atoms with Gasteiger partial charge in [-0.2, -0.15) is 0 Å². The molecule has 0 aromatic heterocycles. The molecule has 0 saturated carbocycles. The second-order valence-electron chi connectivity index (χ2n) is 4.46. The first-order valence-corrected chi connectivity index (χ1v) is 4.32. The molecule has 0 heterocycles. The number of hydrogen-bond acceptors (Lipinski definition) is 2. The minimum atomic E-state index is -0.820. The van der Waals surface area contributed by atoms with Gasteiger partial charge >= 0.3 is 0 Å². The Hall–Kier alpha value is -1.06. The highest BCUT2D eigenvalue weighted by Gasteiger charge is 2.23. The van der Waals surface area contributed by atoms with E-state index in [1.807, 2.05) is 20.8 Å². The van der Waals surface area contributed by atoms with Gasteiger partial charge in [-0.1, -0.05) is 20.8 Å². The van der Waals surface area contributed by atoms with E-state index in [-0.39, 0.29) is 5.41 Å². The first kappa shape index (κ1) is 11.9. The summed E-state index contributed by atoms with van der Waals surface area (Å²) in [6.07, 6.45) is 1.19. The predicted octanol–water partition coefficient (Wildman–Crippen LogP) is 0.399. The van der Waals surface area contributed by atoms with Crippen LogP contribution in [-0.4, -0.2) is 11.8 Å². The van der Waals surface area contributed by atoms with Gasteiger partial charge in [0, 0.05) is 0 Å². The summed E-state index contributed by atoms with van der Waals surface area (Å²) >= 11 is 0. The van der Waals surface area contributed by atoms with Gasteiger partial charge in [0.1, 0.15) is 5.92 Å². The van der Waals surface area contributed by atoms with E-state index < -0.39 is 17.7 Å². The monoisotopic (exact) mass is 186 g/mol. The molecule has 0 aliphatic rings. The largest absolute Gasteiger partial charge is 0.369 e.